The number of aliphatic hydroxyl groups is 4. The van der Waals surface area contributed by atoms with Gasteiger partial charge in [0.2, 0.25) is 0 Å². The first-order valence-electron chi connectivity index (χ1n) is 6.24. The Bertz CT molecular complexity index is 421. The molecule has 0 spiro atoms. The molecule has 0 aromatic heterocycles. The molecular weight excluding hydrogens is 268 g/mol. The maximum atomic E-state index is 9.86. The van der Waals surface area contributed by atoms with E-state index >= 15 is 0 Å². The molecular formula is C13H18O7. The fraction of sp³-hybridized carbons (Fsp3) is 0.538. The molecule has 7 heteroatoms. The second-order valence-electron chi connectivity index (χ2n) is 4.62. The van der Waals surface area contributed by atoms with Gasteiger partial charge in [-0.3, -0.25) is 0 Å². The molecule has 1 aromatic rings. The van der Waals surface area contributed by atoms with E-state index < -0.39 is 43.9 Å². The molecule has 1 saturated heterocycles. The first kappa shape index (κ1) is 15.2. The van der Waals surface area contributed by atoms with Crippen molar-refractivity contribution in [2.75, 3.05) is 13.2 Å². The van der Waals surface area contributed by atoms with Crippen molar-refractivity contribution in [1.82, 2.24) is 0 Å². The smallest absolute Gasteiger partial charge is 0.184 e. The summed E-state index contributed by atoms with van der Waals surface area (Å²) in [7, 11) is 0. The Morgan fingerprint density at radius 3 is 2.25 bits per heavy atom. The van der Waals surface area contributed by atoms with E-state index in [1.165, 1.54) is 12.1 Å². The molecule has 20 heavy (non-hydrogen) atoms. The molecule has 1 aliphatic heterocycles. The molecule has 1 unspecified atom stereocenters. The fourth-order valence-corrected chi connectivity index (χ4v) is 2.06. The van der Waals surface area contributed by atoms with Crippen molar-refractivity contribution < 1.29 is 35.0 Å². The topological polar surface area (TPSA) is 120 Å². The number of ether oxygens (including phenoxy) is 2. The van der Waals surface area contributed by atoms with Crippen molar-refractivity contribution in [2.24, 2.45) is 0 Å². The van der Waals surface area contributed by atoms with E-state index in [1.807, 2.05) is 0 Å². The Hall–Kier alpha value is -1.22. The zero-order valence-corrected chi connectivity index (χ0v) is 10.7. The lowest BCUT2D eigenvalue weighted by molar-refractivity contribution is -0.113. The van der Waals surface area contributed by atoms with Crippen molar-refractivity contribution in [2.45, 2.75) is 30.7 Å². The molecule has 0 aliphatic carbocycles. The van der Waals surface area contributed by atoms with Gasteiger partial charge in [-0.2, -0.15) is 0 Å². The number of phenols is 1. The summed E-state index contributed by atoms with van der Waals surface area (Å²) < 4.78 is 10.9. The monoisotopic (exact) mass is 286 g/mol. The minimum absolute atomic E-state index is 0.0951. The van der Waals surface area contributed by atoms with Crippen LogP contribution in [0.5, 0.6) is 5.75 Å². The number of aliphatic hydroxyl groups excluding tert-OH is 4. The predicted octanol–water partition coefficient (Wildman–Crippen LogP) is -1.12. The maximum absolute atomic E-state index is 9.86. The van der Waals surface area contributed by atoms with Crippen LogP contribution >= 0.6 is 0 Å². The van der Waals surface area contributed by atoms with Crippen molar-refractivity contribution >= 4 is 0 Å². The number of hydrogen-bond acceptors (Lipinski definition) is 7. The average molecular weight is 286 g/mol. The van der Waals surface area contributed by atoms with Crippen molar-refractivity contribution in [1.29, 1.82) is 0 Å². The zero-order valence-electron chi connectivity index (χ0n) is 10.7. The SMILES string of the molecule is OC[C@@H](O)[C@@H](O)[C@@H]1OC(c2ccc(O)cc2)O[C@H]1CO. The molecule has 112 valence electrons. The van der Waals surface area contributed by atoms with Crippen LogP contribution in [0.4, 0.5) is 0 Å². The van der Waals surface area contributed by atoms with Crippen molar-refractivity contribution in [3.8, 4) is 5.75 Å². The van der Waals surface area contributed by atoms with Crippen LogP contribution in [0.15, 0.2) is 24.3 Å². The molecule has 1 fully saturated rings. The van der Waals surface area contributed by atoms with Gasteiger partial charge in [0.1, 0.15) is 30.2 Å². The predicted molar refractivity (Wildman–Crippen MR) is 66.8 cm³/mol. The van der Waals surface area contributed by atoms with Crippen molar-refractivity contribution in [3.63, 3.8) is 0 Å². The second kappa shape index (κ2) is 6.49. The van der Waals surface area contributed by atoms with E-state index in [2.05, 4.69) is 0 Å². The van der Waals surface area contributed by atoms with Gasteiger partial charge in [0, 0.05) is 5.56 Å². The van der Waals surface area contributed by atoms with Crippen LogP contribution in [-0.2, 0) is 9.47 Å². The normalized spacial score (nSPS) is 29.3. The van der Waals surface area contributed by atoms with Gasteiger partial charge in [-0.1, -0.05) is 12.1 Å². The molecule has 7 nitrogen and oxygen atoms in total. The lowest BCUT2D eigenvalue weighted by atomic mass is 10.0. The van der Waals surface area contributed by atoms with E-state index in [4.69, 9.17) is 14.6 Å². The minimum Gasteiger partial charge on any atom is -0.508 e. The first-order chi connectivity index (χ1) is 9.56. The molecule has 0 bridgehead atoms. The van der Waals surface area contributed by atoms with Gasteiger partial charge in [-0.25, -0.2) is 0 Å². The molecule has 0 radical (unpaired) electrons. The quantitative estimate of drug-likeness (QED) is 0.465. The Morgan fingerprint density at radius 2 is 1.70 bits per heavy atom. The van der Waals surface area contributed by atoms with Gasteiger partial charge in [0.05, 0.1) is 13.2 Å². The van der Waals surface area contributed by atoms with Crippen LogP contribution in [0.1, 0.15) is 11.9 Å². The summed E-state index contributed by atoms with van der Waals surface area (Å²) >= 11 is 0. The Morgan fingerprint density at radius 1 is 1.05 bits per heavy atom. The van der Waals surface area contributed by atoms with Crippen LogP contribution < -0.4 is 0 Å². The highest BCUT2D eigenvalue weighted by Crippen LogP contribution is 2.33. The minimum atomic E-state index is -1.38. The van der Waals surface area contributed by atoms with E-state index in [0.29, 0.717) is 5.56 Å². The standard InChI is InChI=1S/C13H18O7/c14-5-9(17)11(18)12-10(6-15)19-13(20-12)7-1-3-8(16)4-2-7/h1-4,9-18H,5-6H2/t9-,10+,11-,12-,13?/m1/s1. The third-order valence-electron chi connectivity index (χ3n) is 3.21. The number of benzene rings is 1. The first-order valence-corrected chi connectivity index (χ1v) is 6.24. The van der Waals surface area contributed by atoms with E-state index in [0.717, 1.165) is 0 Å². The van der Waals surface area contributed by atoms with Gasteiger partial charge >= 0.3 is 0 Å². The van der Waals surface area contributed by atoms with Gasteiger partial charge in [0.15, 0.2) is 6.29 Å². The van der Waals surface area contributed by atoms with Crippen LogP contribution in [-0.4, -0.2) is 63.2 Å². The summed E-state index contributed by atoms with van der Waals surface area (Å²) in [5.74, 6) is 0.0951. The Balaban J connectivity index is 2.11. The molecule has 1 aliphatic rings. The Kier molecular flexibility index (Phi) is 4.92. The third-order valence-corrected chi connectivity index (χ3v) is 3.21. The largest absolute Gasteiger partial charge is 0.508 e. The summed E-state index contributed by atoms with van der Waals surface area (Å²) in [4.78, 5) is 0. The van der Waals surface area contributed by atoms with E-state index in [1.54, 1.807) is 12.1 Å². The van der Waals surface area contributed by atoms with E-state index in [9.17, 15) is 20.4 Å². The summed E-state index contributed by atoms with van der Waals surface area (Å²) in [6.07, 6.45) is -5.35. The van der Waals surface area contributed by atoms with Gasteiger partial charge in [0.25, 0.3) is 0 Å². The Labute approximate surface area is 115 Å². The number of hydrogen-bond donors (Lipinski definition) is 5. The summed E-state index contributed by atoms with van der Waals surface area (Å²) in [5.41, 5.74) is 0.606. The third kappa shape index (κ3) is 3.09. The number of phenolic OH excluding ortho intramolecular Hbond substituents is 1. The second-order valence-corrected chi connectivity index (χ2v) is 4.62. The molecule has 2 rings (SSSR count). The number of aromatic hydroxyl groups is 1. The summed E-state index contributed by atoms with van der Waals surface area (Å²) in [6, 6.07) is 6.10. The maximum Gasteiger partial charge on any atom is 0.184 e. The molecule has 5 N–H and O–H groups in total. The average Bonchev–Trinajstić information content (AvgIpc) is 2.90. The van der Waals surface area contributed by atoms with Gasteiger partial charge in [-0.15, -0.1) is 0 Å². The molecule has 1 heterocycles. The van der Waals surface area contributed by atoms with Crippen LogP contribution in [0.3, 0.4) is 0 Å². The van der Waals surface area contributed by atoms with Crippen LogP contribution in [0.25, 0.3) is 0 Å². The molecule has 0 amide bonds. The highest BCUT2D eigenvalue weighted by Gasteiger charge is 2.43. The highest BCUT2D eigenvalue weighted by atomic mass is 16.7. The van der Waals surface area contributed by atoms with Gasteiger partial charge in [-0.05, 0) is 12.1 Å². The highest BCUT2D eigenvalue weighted by molar-refractivity contribution is 5.27. The molecule has 0 saturated carbocycles. The van der Waals surface area contributed by atoms with Gasteiger partial charge < -0.3 is 35.0 Å². The van der Waals surface area contributed by atoms with Crippen LogP contribution in [0, 0.1) is 0 Å². The zero-order chi connectivity index (χ0) is 14.7. The number of rotatable bonds is 5. The lowest BCUT2D eigenvalue weighted by Gasteiger charge is -2.23. The van der Waals surface area contributed by atoms with Crippen molar-refractivity contribution in [3.05, 3.63) is 29.8 Å². The molecule has 1 aromatic carbocycles. The summed E-state index contributed by atoms with van der Waals surface area (Å²) in [6.45, 7) is -1.02. The van der Waals surface area contributed by atoms with E-state index in [-0.39, 0.29) is 5.75 Å². The fourth-order valence-electron chi connectivity index (χ4n) is 2.06. The lowest BCUT2D eigenvalue weighted by Crippen LogP contribution is -2.45. The molecule has 5 atom stereocenters. The summed E-state index contributed by atoms with van der Waals surface area (Å²) in [5, 5.41) is 46.6. The van der Waals surface area contributed by atoms with Crippen LogP contribution in [0.2, 0.25) is 0 Å².